The van der Waals surface area contributed by atoms with Crippen LogP contribution < -0.4 is 5.32 Å². The van der Waals surface area contributed by atoms with Gasteiger partial charge in [-0.05, 0) is 24.1 Å². The highest BCUT2D eigenvalue weighted by atomic mass is 19.1. The molecular formula is C20H23FN4O5. The number of carbonyl (C=O) groups is 3. The highest BCUT2D eigenvalue weighted by Gasteiger charge is 2.36. The van der Waals surface area contributed by atoms with E-state index in [0.29, 0.717) is 24.2 Å². The smallest absolute Gasteiger partial charge is 0.328 e. The van der Waals surface area contributed by atoms with Gasteiger partial charge in [-0.25, -0.2) is 19.0 Å². The van der Waals surface area contributed by atoms with E-state index in [-0.39, 0.29) is 12.8 Å². The summed E-state index contributed by atoms with van der Waals surface area (Å²) in [5, 5.41) is 2.63. The molecule has 2 amide bonds. The van der Waals surface area contributed by atoms with Crippen LogP contribution in [0, 0.1) is 5.82 Å². The summed E-state index contributed by atoms with van der Waals surface area (Å²) in [6, 6.07) is 3.75. The fraction of sp³-hybridized carbons (Fsp3) is 0.400. The van der Waals surface area contributed by atoms with E-state index in [0.717, 1.165) is 5.69 Å². The number of urea groups is 1. The molecule has 0 bridgehead atoms. The molecule has 0 radical (unpaired) electrons. The monoisotopic (exact) mass is 418 g/mol. The molecule has 2 heterocycles. The summed E-state index contributed by atoms with van der Waals surface area (Å²) in [4.78, 5) is 45.5. The number of carbonyl (C=O) groups excluding carboxylic acids is 3. The molecule has 10 heteroatoms. The van der Waals surface area contributed by atoms with Gasteiger partial charge in [0.25, 0.3) is 0 Å². The number of benzene rings is 1. The zero-order valence-electron chi connectivity index (χ0n) is 16.7. The molecule has 0 spiro atoms. The summed E-state index contributed by atoms with van der Waals surface area (Å²) in [5.41, 5.74) is 2.04. The second-order valence-electron chi connectivity index (χ2n) is 6.81. The van der Waals surface area contributed by atoms with E-state index < -0.39 is 35.9 Å². The average Bonchev–Trinajstić information content (AvgIpc) is 3.23. The molecule has 2 atom stereocenters. The first kappa shape index (κ1) is 21.3. The maximum atomic E-state index is 13.9. The third-order valence-corrected chi connectivity index (χ3v) is 5.00. The Morgan fingerprint density at radius 3 is 2.83 bits per heavy atom. The number of amides is 2. The molecule has 0 saturated heterocycles. The van der Waals surface area contributed by atoms with Crippen molar-refractivity contribution < 1.29 is 28.2 Å². The zero-order valence-corrected chi connectivity index (χ0v) is 16.7. The largest absolute Gasteiger partial charge is 0.469 e. The Bertz CT molecular complexity index is 931. The lowest BCUT2D eigenvalue weighted by molar-refractivity contribution is -0.144. The summed E-state index contributed by atoms with van der Waals surface area (Å²) in [7, 11) is 2.44. The van der Waals surface area contributed by atoms with Gasteiger partial charge in [0, 0.05) is 25.1 Å². The van der Waals surface area contributed by atoms with Crippen molar-refractivity contribution in [1.29, 1.82) is 0 Å². The van der Waals surface area contributed by atoms with Crippen LogP contribution in [-0.4, -0.2) is 59.6 Å². The van der Waals surface area contributed by atoms with E-state index in [9.17, 15) is 18.8 Å². The van der Waals surface area contributed by atoms with Crippen molar-refractivity contribution in [3.63, 3.8) is 0 Å². The van der Waals surface area contributed by atoms with Crippen molar-refractivity contribution in [3.8, 4) is 0 Å². The number of methoxy groups -OCH3 is 2. The standard InChI is InChI=1S/C20H23FN4O5/c1-29-16(26)7-6-15(19(27)30-2)24-20(28)25-9-8-14-17(23-11-22-14)18(25)12-4-3-5-13(21)10-12/h3-5,10-11,15,18H,6-9H2,1-2H3,(H,22,23)(H,24,28)/t15-,18+/m0/s1. The van der Waals surface area contributed by atoms with Crippen LogP contribution in [0.25, 0.3) is 0 Å². The number of hydrogen-bond acceptors (Lipinski definition) is 6. The average molecular weight is 418 g/mol. The van der Waals surface area contributed by atoms with Crippen LogP contribution >= 0.6 is 0 Å². The van der Waals surface area contributed by atoms with Gasteiger partial charge in [0.2, 0.25) is 0 Å². The number of fused-ring (bicyclic) bond motifs is 1. The Balaban J connectivity index is 1.85. The predicted molar refractivity (Wildman–Crippen MR) is 103 cm³/mol. The Morgan fingerprint density at radius 2 is 2.13 bits per heavy atom. The molecule has 2 aromatic rings. The number of aromatic nitrogens is 2. The second kappa shape index (κ2) is 9.38. The van der Waals surface area contributed by atoms with Gasteiger partial charge < -0.3 is 24.7 Å². The maximum Gasteiger partial charge on any atom is 0.328 e. The summed E-state index contributed by atoms with van der Waals surface area (Å²) >= 11 is 0. The van der Waals surface area contributed by atoms with E-state index in [1.807, 2.05) is 0 Å². The van der Waals surface area contributed by atoms with Crippen LogP contribution in [-0.2, 0) is 25.5 Å². The molecule has 9 nitrogen and oxygen atoms in total. The van der Waals surface area contributed by atoms with Gasteiger partial charge in [-0.3, -0.25) is 4.79 Å². The molecule has 1 aromatic carbocycles. The Kier molecular flexibility index (Phi) is 6.65. The number of aromatic amines is 1. The van der Waals surface area contributed by atoms with Crippen molar-refractivity contribution in [3.05, 3.63) is 53.4 Å². The minimum absolute atomic E-state index is 0.0250. The predicted octanol–water partition coefficient (Wildman–Crippen LogP) is 1.70. The Labute approximate surface area is 172 Å². The van der Waals surface area contributed by atoms with Crippen LogP contribution in [0.1, 0.15) is 35.8 Å². The van der Waals surface area contributed by atoms with Gasteiger partial charge in [-0.2, -0.15) is 0 Å². The number of hydrogen-bond donors (Lipinski definition) is 2. The second-order valence-corrected chi connectivity index (χ2v) is 6.81. The van der Waals surface area contributed by atoms with Gasteiger partial charge in [0.05, 0.1) is 26.2 Å². The number of nitrogens with one attached hydrogen (secondary N) is 2. The number of halogens is 1. The summed E-state index contributed by atoms with van der Waals surface area (Å²) in [6.07, 6.45) is 2.02. The third kappa shape index (κ3) is 4.58. The summed E-state index contributed by atoms with van der Waals surface area (Å²) in [5.74, 6) is -1.61. The quantitative estimate of drug-likeness (QED) is 0.691. The van der Waals surface area contributed by atoms with E-state index in [2.05, 4.69) is 20.0 Å². The minimum Gasteiger partial charge on any atom is -0.469 e. The molecule has 30 heavy (non-hydrogen) atoms. The van der Waals surface area contributed by atoms with E-state index in [1.54, 1.807) is 12.1 Å². The summed E-state index contributed by atoms with van der Waals surface area (Å²) < 4.78 is 23.2. The Morgan fingerprint density at radius 1 is 1.33 bits per heavy atom. The van der Waals surface area contributed by atoms with E-state index in [1.165, 1.54) is 37.6 Å². The zero-order chi connectivity index (χ0) is 21.7. The van der Waals surface area contributed by atoms with Crippen LogP contribution in [0.2, 0.25) is 0 Å². The lowest BCUT2D eigenvalue weighted by Crippen LogP contribution is -2.51. The molecule has 0 fully saturated rings. The van der Waals surface area contributed by atoms with Crippen molar-refractivity contribution in [2.24, 2.45) is 0 Å². The van der Waals surface area contributed by atoms with E-state index >= 15 is 0 Å². The van der Waals surface area contributed by atoms with Gasteiger partial charge in [0.1, 0.15) is 17.9 Å². The molecule has 1 aliphatic heterocycles. The SMILES string of the molecule is COC(=O)CC[C@H](NC(=O)N1CCc2[nH]cnc2[C@H]1c1cccc(F)c1)C(=O)OC. The molecule has 0 aliphatic carbocycles. The maximum absolute atomic E-state index is 13.9. The van der Waals surface area contributed by atoms with Crippen molar-refractivity contribution in [2.45, 2.75) is 31.3 Å². The summed E-state index contributed by atoms with van der Waals surface area (Å²) in [6.45, 7) is 0.326. The van der Waals surface area contributed by atoms with Crippen LogP contribution in [0.5, 0.6) is 0 Å². The van der Waals surface area contributed by atoms with Crippen molar-refractivity contribution in [1.82, 2.24) is 20.2 Å². The van der Waals surface area contributed by atoms with Crippen LogP contribution in [0.3, 0.4) is 0 Å². The Hall–Kier alpha value is -3.43. The van der Waals surface area contributed by atoms with Crippen molar-refractivity contribution in [2.75, 3.05) is 20.8 Å². The van der Waals surface area contributed by atoms with Gasteiger partial charge in [-0.1, -0.05) is 12.1 Å². The van der Waals surface area contributed by atoms with Crippen LogP contribution in [0.15, 0.2) is 30.6 Å². The first-order chi connectivity index (χ1) is 14.4. The number of imidazole rings is 1. The molecule has 160 valence electrons. The topological polar surface area (TPSA) is 114 Å². The van der Waals surface area contributed by atoms with Gasteiger partial charge in [-0.15, -0.1) is 0 Å². The molecule has 1 aliphatic rings. The van der Waals surface area contributed by atoms with Crippen LogP contribution in [0.4, 0.5) is 9.18 Å². The highest BCUT2D eigenvalue weighted by Crippen LogP contribution is 2.33. The fourth-order valence-electron chi connectivity index (χ4n) is 3.50. The number of nitrogens with zero attached hydrogens (tertiary/aromatic N) is 2. The molecule has 0 unspecified atom stereocenters. The van der Waals surface area contributed by atoms with Gasteiger partial charge in [0.15, 0.2) is 0 Å². The number of ether oxygens (including phenoxy) is 2. The number of rotatable bonds is 6. The fourth-order valence-corrected chi connectivity index (χ4v) is 3.50. The first-order valence-corrected chi connectivity index (χ1v) is 9.44. The van der Waals surface area contributed by atoms with Gasteiger partial charge >= 0.3 is 18.0 Å². The number of esters is 2. The number of H-pyrrole nitrogens is 1. The van der Waals surface area contributed by atoms with Crippen molar-refractivity contribution >= 4 is 18.0 Å². The first-order valence-electron chi connectivity index (χ1n) is 9.44. The minimum atomic E-state index is -1.03. The molecule has 1 aromatic heterocycles. The molecule has 2 N–H and O–H groups in total. The lowest BCUT2D eigenvalue weighted by Gasteiger charge is -2.36. The van der Waals surface area contributed by atoms with E-state index in [4.69, 9.17) is 4.74 Å². The highest BCUT2D eigenvalue weighted by molar-refractivity contribution is 5.84. The molecular weight excluding hydrogens is 395 g/mol. The normalized spacial score (nSPS) is 16.4. The lowest BCUT2D eigenvalue weighted by atomic mass is 9.96. The molecule has 3 rings (SSSR count). The third-order valence-electron chi connectivity index (χ3n) is 5.00. The molecule has 0 saturated carbocycles.